The van der Waals surface area contributed by atoms with E-state index in [2.05, 4.69) is 27.1 Å². The minimum Gasteiger partial charge on any atom is -0.395 e. The SMILES string of the molecule is Cc1ccnc(Cn2cc(-c3ccc(C#CCCO)cc3)nn2)c1. The van der Waals surface area contributed by atoms with Crippen LogP contribution < -0.4 is 0 Å². The average molecular weight is 318 g/mol. The molecule has 5 nitrogen and oxygen atoms in total. The maximum Gasteiger partial charge on any atom is 0.113 e. The summed E-state index contributed by atoms with van der Waals surface area (Å²) in [5.41, 5.74) is 4.87. The summed E-state index contributed by atoms with van der Waals surface area (Å²) in [4.78, 5) is 4.34. The number of aromatic nitrogens is 4. The van der Waals surface area contributed by atoms with Crippen molar-refractivity contribution in [2.24, 2.45) is 0 Å². The van der Waals surface area contributed by atoms with Gasteiger partial charge in [0.25, 0.3) is 0 Å². The molecule has 0 unspecified atom stereocenters. The summed E-state index contributed by atoms with van der Waals surface area (Å²) in [7, 11) is 0. The molecule has 1 N–H and O–H groups in total. The van der Waals surface area contributed by atoms with Crippen molar-refractivity contribution < 1.29 is 5.11 Å². The van der Waals surface area contributed by atoms with Gasteiger partial charge in [-0.3, -0.25) is 4.98 Å². The van der Waals surface area contributed by atoms with Crippen LogP contribution in [0.15, 0.2) is 48.8 Å². The highest BCUT2D eigenvalue weighted by Crippen LogP contribution is 2.17. The Morgan fingerprint density at radius 2 is 2.00 bits per heavy atom. The molecule has 0 amide bonds. The zero-order valence-electron chi connectivity index (χ0n) is 13.5. The fourth-order valence-electron chi connectivity index (χ4n) is 2.30. The molecular weight excluding hydrogens is 300 g/mol. The smallest absolute Gasteiger partial charge is 0.113 e. The van der Waals surface area contributed by atoms with E-state index in [9.17, 15) is 0 Å². The van der Waals surface area contributed by atoms with E-state index in [4.69, 9.17) is 5.11 Å². The number of rotatable bonds is 4. The summed E-state index contributed by atoms with van der Waals surface area (Å²) < 4.78 is 1.78. The Bertz CT molecular complexity index is 872. The molecule has 120 valence electrons. The molecular formula is C19H18N4O. The number of nitrogens with zero attached hydrogens (tertiary/aromatic N) is 4. The second kappa shape index (κ2) is 7.53. The van der Waals surface area contributed by atoms with Crippen LogP contribution in [0.1, 0.15) is 23.2 Å². The Morgan fingerprint density at radius 1 is 1.17 bits per heavy atom. The summed E-state index contributed by atoms with van der Waals surface area (Å²) in [6.07, 6.45) is 4.21. The van der Waals surface area contributed by atoms with E-state index in [0.29, 0.717) is 13.0 Å². The van der Waals surface area contributed by atoms with Crippen molar-refractivity contribution in [2.45, 2.75) is 19.9 Å². The highest BCUT2D eigenvalue weighted by Gasteiger charge is 2.05. The molecule has 0 bridgehead atoms. The van der Waals surface area contributed by atoms with E-state index in [0.717, 1.165) is 22.5 Å². The van der Waals surface area contributed by atoms with Gasteiger partial charge in [0.1, 0.15) is 5.69 Å². The Morgan fingerprint density at radius 3 is 2.75 bits per heavy atom. The molecule has 0 atom stereocenters. The summed E-state index contributed by atoms with van der Waals surface area (Å²) in [5, 5.41) is 17.1. The lowest BCUT2D eigenvalue weighted by Crippen LogP contribution is -2.02. The van der Waals surface area contributed by atoms with Gasteiger partial charge in [0.2, 0.25) is 0 Å². The van der Waals surface area contributed by atoms with Crippen molar-refractivity contribution in [3.8, 4) is 23.1 Å². The number of aliphatic hydroxyl groups excluding tert-OH is 1. The summed E-state index contributed by atoms with van der Waals surface area (Å²) in [5.74, 6) is 5.92. The number of hydrogen-bond acceptors (Lipinski definition) is 4. The standard InChI is InChI=1S/C19H18N4O/c1-15-9-10-20-18(12-15)13-23-14-19(21-22-23)17-7-5-16(6-8-17)4-2-3-11-24/h5-10,12,14,24H,3,11,13H2,1H3. The minimum atomic E-state index is 0.0873. The van der Waals surface area contributed by atoms with Crippen LogP contribution in [0.2, 0.25) is 0 Å². The van der Waals surface area contributed by atoms with Gasteiger partial charge in [-0.1, -0.05) is 29.2 Å². The number of aliphatic hydroxyl groups is 1. The van der Waals surface area contributed by atoms with E-state index < -0.39 is 0 Å². The second-order valence-corrected chi connectivity index (χ2v) is 5.48. The third-order valence-corrected chi connectivity index (χ3v) is 3.48. The number of pyridine rings is 1. The predicted octanol–water partition coefficient (Wildman–Crippen LogP) is 2.43. The van der Waals surface area contributed by atoms with Crippen molar-refractivity contribution in [1.82, 2.24) is 20.0 Å². The Kier molecular flexibility index (Phi) is 4.99. The van der Waals surface area contributed by atoms with Gasteiger partial charge in [-0.2, -0.15) is 0 Å². The average Bonchev–Trinajstić information content (AvgIpc) is 3.04. The van der Waals surface area contributed by atoms with Gasteiger partial charge >= 0.3 is 0 Å². The first-order valence-electron chi connectivity index (χ1n) is 7.76. The Labute approximate surface area is 141 Å². The first-order chi connectivity index (χ1) is 11.7. The first kappa shape index (κ1) is 15.9. The third-order valence-electron chi connectivity index (χ3n) is 3.48. The van der Waals surface area contributed by atoms with Crippen LogP contribution >= 0.6 is 0 Å². The lowest BCUT2D eigenvalue weighted by atomic mass is 10.1. The van der Waals surface area contributed by atoms with Crippen molar-refractivity contribution in [2.75, 3.05) is 6.61 Å². The molecule has 1 aromatic carbocycles. The van der Waals surface area contributed by atoms with Gasteiger partial charge in [0.05, 0.1) is 25.0 Å². The summed E-state index contributed by atoms with van der Waals surface area (Å²) >= 11 is 0. The molecule has 0 aliphatic carbocycles. The third kappa shape index (κ3) is 4.06. The lowest BCUT2D eigenvalue weighted by molar-refractivity contribution is 0.305. The fourth-order valence-corrected chi connectivity index (χ4v) is 2.30. The lowest BCUT2D eigenvalue weighted by Gasteiger charge is -2.00. The fraction of sp³-hybridized carbons (Fsp3) is 0.211. The van der Waals surface area contributed by atoms with Crippen LogP contribution in [0.25, 0.3) is 11.3 Å². The van der Waals surface area contributed by atoms with Crippen LogP contribution in [0.5, 0.6) is 0 Å². The van der Waals surface area contributed by atoms with Crippen LogP contribution in [0, 0.1) is 18.8 Å². The quantitative estimate of drug-likeness (QED) is 0.751. The monoisotopic (exact) mass is 318 g/mol. The zero-order valence-corrected chi connectivity index (χ0v) is 13.5. The van der Waals surface area contributed by atoms with E-state index in [1.165, 1.54) is 5.56 Å². The Hall–Kier alpha value is -2.97. The van der Waals surface area contributed by atoms with E-state index in [1.54, 1.807) is 10.9 Å². The van der Waals surface area contributed by atoms with Crippen molar-refractivity contribution in [1.29, 1.82) is 0 Å². The van der Waals surface area contributed by atoms with Gasteiger partial charge < -0.3 is 5.11 Å². The molecule has 3 rings (SSSR count). The van der Waals surface area contributed by atoms with Gasteiger partial charge in [-0.05, 0) is 36.8 Å². The molecule has 3 aromatic rings. The molecule has 0 aliphatic heterocycles. The Balaban J connectivity index is 1.72. The largest absolute Gasteiger partial charge is 0.395 e. The van der Waals surface area contributed by atoms with Crippen LogP contribution in [-0.2, 0) is 6.54 Å². The molecule has 2 heterocycles. The number of benzene rings is 1. The van der Waals surface area contributed by atoms with Crippen LogP contribution in [-0.4, -0.2) is 31.7 Å². The molecule has 5 heteroatoms. The normalized spacial score (nSPS) is 10.2. The van der Waals surface area contributed by atoms with Gasteiger partial charge in [0, 0.05) is 23.7 Å². The predicted molar refractivity (Wildman–Crippen MR) is 92.1 cm³/mol. The number of aryl methyl sites for hydroxylation is 1. The molecule has 0 saturated carbocycles. The maximum atomic E-state index is 8.74. The molecule has 0 fully saturated rings. The molecule has 0 spiro atoms. The van der Waals surface area contributed by atoms with Crippen LogP contribution in [0.3, 0.4) is 0 Å². The van der Waals surface area contributed by atoms with Crippen LogP contribution in [0.4, 0.5) is 0 Å². The van der Waals surface area contributed by atoms with Gasteiger partial charge in [-0.25, -0.2) is 4.68 Å². The molecule has 2 aromatic heterocycles. The zero-order chi connectivity index (χ0) is 16.8. The topological polar surface area (TPSA) is 63.8 Å². The summed E-state index contributed by atoms with van der Waals surface area (Å²) in [6, 6.07) is 11.9. The molecule has 24 heavy (non-hydrogen) atoms. The van der Waals surface area contributed by atoms with Gasteiger partial charge in [-0.15, -0.1) is 5.10 Å². The maximum absolute atomic E-state index is 8.74. The number of hydrogen-bond donors (Lipinski definition) is 1. The van der Waals surface area contributed by atoms with E-state index >= 15 is 0 Å². The van der Waals surface area contributed by atoms with Crippen molar-refractivity contribution >= 4 is 0 Å². The molecule has 0 radical (unpaired) electrons. The van der Waals surface area contributed by atoms with E-state index in [-0.39, 0.29) is 6.61 Å². The van der Waals surface area contributed by atoms with E-state index in [1.807, 2.05) is 49.5 Å². The molecule has 0 saturated heterocycles. The first-order valence-corrected chi connectivity index (χ1v) is 7.76. The van der Waals surface area contributed by atoms with Crippen molar-refractivity contribution in [3.63, 3.8) is 0 Å². The van der Waals surface area contributed by atoms with Crippen molar-refractivity contribution in [3.05, 3.63) is 65.6 Å². The minimum absolute atomic E-state index is 0.0873. The summed E-state index contributed by atoms with van der Waals surface area (Å²) in [6.45, 7) is 2.73. The molecule has 0 aliphatic rings. The highest BCUT2D eigenvalue weighted by molar-refractivity contribution is 5.59. The van der Waals surface area contributed by atoms with Gasteiger partial charge in [0.15, 0.2) is 0 Å². The highest BCUT2D eigenvalue weighted by atomic mass is 16.2. The second-order valence-electron chi connectivity index (χ2n) is 5.48.